The summed E-state index contributed by atoms with van der Waals surface area (Å²) in [7, 11) is 0. The molecule has 0 aliphatic carbocycles. The molecule has 1 heterocycles. The van der Waals surface area contributed by atoms with Crippen LogP contribution in [0.1, 0.15) is 31.0 Å². The number of aryl methyl sites for hydroxylation is 1. The fraction of sp³-hybridized carbons (Fsp3) is 0.727. The molecule has 0 bridgehead atoms. The quantitative estimate of drug-likeness (QED) is 0.782. The molecule has 4 heteroatoms. The second kappa shape index (κ2) is 6.20. The Morgan fingerprint density at radius 1 is 1.53 bits per heavy atom. The zero-order valence-electron chi connectivity index (χ0n) is 9.66. The van der Waals surface area contributed by atoms with E-state index in [0.717, 1.165) is 30.2 Å². The van der Waals surface area contributed by atoms with E-state index < -0.39 is 0 Å². The number of aliphatic hydroxyl groups excluding tert-OH is 1. The van der Waals surface area contributed by atoms with Crippen LogP contribution >= 0.6 is 11.3 Å². The molecule has 0 fully saturated rings. The number of aromatic nitrogens is 1. The standard InChI is InChI=1S/C11H20N2OS/c1-8(4-10(3)14)5-12-6-11-13-9(2)7-15-11/h7-8,10,12,14H,4-6H2,1-3H3. The van der Waals surface area contributed by atoms with Crippen molar-refractivity contribution < 1.29 is 5.11 Å². The monoisotopic (exact) mass is 228 g/mol. The van der Waals surface area contributed by atoms with Gasteiger partial charge in [-0.25, -0.2) is 4.98 Å². The Hall–Kier alpha value is -0.450. The van der Waals surface area contributed by atoms with Gasteiger partial charge in [-0.2, -0.15) is 0 Å². The summed E-state index contributed by atoms with van der Waals surface area (Å²) in [5.41, 5.74) is 1.09. The van der Waals surface area contributed by atoms with Crippen molar-refractivity contribution in [3.8, 4) is 0 Å². The first-order chi connectivity index (χ1) is 7.08. The number of aliphatic hydroxyl groups is 1. The first-order valence-electron chi connectivity index (χ1n) is 5.37. The third-order valence-corrected chi connectivity index (χ3v) is 3.15. The average Bonchev–Trinajstić information content (AvgIpc) is 2.50. The summed E-state index contributed by atoms with van der Waals surface area (Å²) in [5, 5.41) is 15.8. The highest BCUT2D eigenvalue weighted by molar-refractivity contribution is 7.09. The highest BCUT2D eigenvalue weighted by atomic mass is 32.1. The molecule has 0 amide bonds. The molecule has 0 aromatic carbocycles. The van der Waals surface area contributed by atoms with Crippen molar-refractivity contribution in [2.45, 2.75) is 39.8 Å². The van der Waals surface area contributed by atoms with Crippen molar-refractivity contribution in [1.82, 2.24) is 10.3 Å². The Balaban J connectivity index is 2.16. The van der Waals surface area contributed by atoms with Crippen LogP contribution in [-0.4, -0.2) is 22.7 Å². The van der Waals surface area contributed by atoms with Gasteiger partial charge in [0.2, 0.25) is 0 Å². The van der Waals surface area contributed by atoms with E-state index in [4.69, 9.17) is 0 Å². The van der Waals surface area contributed by atoms with Gasteiger partial charge in [0.05, 0.1) is 6.10 Å². The van der Waals surface area contributed by atoms with Crippen molar-refractivity contribution in [2.24, 2.45) is 5.92 Å². The lowest BCUT2D eigenvalue weighted by Crippen LogP contribution is -2.23. The van der Waals surface area contributed by atoms with Gasteiger partial charge < -0.3 is 10.4 Å². The minimum absolute atomic E-state index is 0.205. The van der Waals surface area contributed by atoms with E-state index in [1.807, 2.05) is 13.8 Å². The second-order valence-corrected chi connectivity index (χ2v) is 5.15. The molecule has 15 heavy (non-hydrogen) atoms. The summed E-state index contributed by atoms with van der Waals surface area (Å²) in [6, 6.07) is 0. The van der Waals surface area contributed by atoms with E-state index in [1.54, 1.807) is 11.3 Å². The molecular formula is C11H20N2OS. The minimum Gasteiger partial charge on any atom is -0.393 e. The summed E-state index contributed by atoms with van der Waals surface area (Å²) in [5.74, 6) is 0.506. The molecular weight excluding hydrogens is 208 g/mol. The molecule has 1 aromatic rings. The first kappa shape index (κ1) is 12.6. The molecule has 0 spiro atoms. The number of nitrogens with one attached hydrogen (secondary N) is 1. The summed E-state index contributed by atoms with van der Waals surface area (Å²) >= 11 is 1.69. The maximum Gasteiger partial charge on any atom is 0.107 e. The van der Waals surface area contributed by atoms with Crippen LogP contribution in [0.4, 0.5) is 0 Å². The first-order valence-corrected chi connectivity index (χ1v) is 6.25. The molecule has 3 nitrogen and oxygen atoms in total. The van der Waals surface area contributed by atoms with Crippen LogP contribution < -0.4 is 5.32 Å². The van der Waals surface area contributed by atoms with Gasteiger partial charge in [-0.1, -0.05) is 6.92 Å². The Morgan fingerprint density at radius 3 is 2.80 bits per heavy atom. The summed E-state index contributed by atoms with van der Waals surface area (Å²) in [4.78, 5) is 4.38. The van der Waals surface area contributed by atoms with Gasteiger partial charge in [0, 0.05) is 17.6 Å². The van der Waals surface area contributed by atoms with Crippen LogP contribution in [-0.2, 0) is 6.54 Å². The molecule has 2 N–H and O–H groups in total. The van der Waals surface area contributed by atoms with Gasteiger partial charge in [-0.3, -0.25) is 0 Å². The normalized spacial score (nSPS) is 15.2. The van der Waals surface area contributed by atoms with E-state index in [1.165, 1.54) is 0 Å². The topological polar surface area (TPSA) is 45.1 Å². The summed E-state index contributed by atoms with van der Waals surface area (Å²) < 4.78 is 0. The summed E-state index contributed by atoms with van der Waals surface area (Å²) in [6.45, 7) is 7.76. The third kappa shape index (κ3) is 5.25. The van der Waals surface area contributed by atoms with Crippen LogP contribution in [0.25, 0.3) is 0 Å². The minimum atomic E-state index is -0.205. The Kier molecular flexibility index (Phi) is 5.22. The van der Waals surface area contributed by atoms with Crippen LogP contribution in [0, 0.1) is 12.8 Å². The van der Waals surface area contributed by atoms with Crippen molar-refractivity contribution >= 4 is 11.3 Å². The maximum absolute atomic E-state index is 9.20. The van der Waals surface area contributed by atoms with E-state index in [9.17, 15) is 5.11 Å². The van der Waals surface area contributed by atoms with Crippen LogP contribution in [0.3, 0.4) is 0 Å². The third-order valence-electron chi connectivity index (χ3n) is 2.18. The largest absolute Gasteiger partial charge is 0.393 e. The SMILES string of the molecule is Cc1csc(CNCC(C)CC(C)O)n1. The number of hydrogen-bond donors (Lipinski definition) is 2. The van der Waals surface area contributed by atoms with Gasteiger partial charge >= 0.3 is 0 Å². The molecule has 0 aliphatic heterocycles. The Labute approximate surface area is 95.6 Å². The number of hydrogen-bond acceptors (Lipinski definition) is 4. The van der Waals surface area contributed by atoms with E-state index in [2.05, 4.69) is 22.6 Å². The van der Waals surface area contributed by atoms with Crippen molar-refractivity contribution in [1.29, 1.82) is 0 Å². The molecule has 1 aromatic heterocycles. The second-order valence-electron chi connectivity index (χ2n) is 4.20. The fourth-order valence-corrected chi connectivity index (χ4v) is 2.32. The Bertz CT molecular complexity index is 286. The highest BCUT2D eigenvalue weighted by Gasteiger charge is 2.06. The van der Waals surface area contributed by atoms with E-state index >= 15 is 0 Å². The highest BCUT2D eigenvalue weighted by Crippen LogP contribution is 2.09. The lowest BCUT2D eigenvalue weighted by molar-refractivity contribution is 0.163. The maximum atomic E-state index is 9.20. The number of rotatable bonds is 6. The zero-order chi connectivity index (χ0) is 11.3. The van der Waals surface area contributed by atoms with Gasteiger partial charge in [-0.15, -0.1) is 11.3 Å². The van der Waals surface area contributed by atoms with Crippen molar-refractivity contribution in [3.63, 3.8) is 0 Å². The molecule has 1 rings (SSSR count). The van der Waals surface area contributed by atoms with Crippen LogP contribution in [0.15, 0.2) is 5.38 Å². The fourth-order valence-electron chi connectivity index (χ4n) is 1.58. The zero-order valence-corrected chi connectivity index (χ0v) is 10.5. The number of nitrogens with zero attached hydrogens (tertiary/aromatic N) is 1. The van der Waals surface area contributed by atoms with Gasteiger partial charge in [0.15, 0.2) is 0 Å². The molecule has 2 unspecified atom stereocenters. The molecule has 0 saturated carbocycles. The van der Waals surface area contributed by atoms with Crippen molar-refractivity contribution in [2.75, 3.05) is 6.54 Å². The molecule has 86 valence electrons. The van der Waals surface area contributed by atoms with E-state index in [-0.39, 0.29) is 6.10 Å². The van der Waals surface area contributed by atoms with Gasteiger partial charge in [-0.05, 0) is 32.7 Å². The van der Waals surface area contributed by atoms with Crippen LogP contribution in [0.5, 0.6) is 0 Å². The van der Waals surface area contributed by atoms with E-state index in [0.29, 0.717) is 5.92 Å². The smallest absolute Gasteiger partial charge is 0.107 e. The van der Waals surface area contributed by atoms with Gasteiger partial charge in [0.25, 0.3) is 0 Å². The Morgan fingerprint density at radius 2 is 2.27 bits per heavy atom. The van der Waals surface area contributed by atoms with Crippen molar-refractivity contribution in [3.05, 3.63) is 16.1 Å². The van der Waals surface area contributed by atoms with Crippen LogP contribution in [0.2, 0.25) is 0 Å². The molecule has 0 saturated heterocycles. The predicted molar refractivity (Wildman–Crippen MR) is 64.0 cm³/mol. The lowest BCUT2D eigenvalue weighted by Gasteiger charge is -2.13. The molecule has 0 aliphatic rings. The van der Waals surface area contributed by atoms with Gasteiger partial charge in [0.1, 0.15) is 5.01 Å². The summed E-state index contributed by atoms with van der Waals surface area (Å²) in [6.07, 6.45) is 0.646. The number of thiazole rings is 1. The molecule has 0 radical (unpaired) electrons. The molecule has 2 atom stereocenters. The lowest BCUT2D eigenvalue weighted by atomic mass is 10.1. The predicted octanol–water partition coefficient (Wildman–Crippen LogP) is 1.95. The average molecular weight is 228 g/mol.